The van der Waals surface area contributed by atoms with Gasteiger partial charge in [-0.2, -0.15) is 0 Å². The third-order valence-corrected chi connectivity index (χ3v) is 3.45. The van der Waals surface area contributed by atoms with Crippen LogP contribution in [0.15, 0.2) is 30.3 Å². The number of amides is 1. The van der Waals surface area contributed by atoms with E-state index in [0.29, 0.717) is 6.42 Å². The van der Waals surface area contributed by atoms with Crippen molar-refractivity contribution in [2.75, 3.05) is 0 Å². The van der Waals surface area contributed by atoms with E-state index in [1.165, 1.54) is 5.56 Å². The van der Waals surface area contributed by atoms with E-state index in [0.717, 1.165) is 0 Å². The minimum absolute atomic E-state index is 0.0319. The Labute approximate surface area is 108 Å². The number of nitrogens with one attached hydrogen (secondary N) is 2. The molecule has 3 atom stereocenters. The molecule has 2 rings (SSSR count). The molecule has 4 nitrogen and oxygen atoms in total. The molecule has 0 spiro atoms. The van der Waals surface area contributed by atoms with Crippen molar-refractivity contribution in [2.24, 2.45) is 0 Å². The second-order valence-electron chi connectivity index (χ2n) is 4.95. The molecule has 0 saturated carbocycles. The second-order valence-corrected chi connectivity index (χ2v) is 4.95. The van der Waals surface area contributed by atoms with E-state index in [-0.39, 0.29) is 23.9 Å². The van der Waals surface area contributed by atoms with Crippen LogP contribution in [0.5, 0.6) is 0 Å². The summed E-state index contributed by atoms with van der Waals surface area (Å²) in [5.41, 5.74) is 1.22. The van der Waals surface area contributed by atoms with Crippen molar-refractivity contribution in [3.63, 3.8) is 0 Å². The van der Waals surface area contributed by atoms with Crippen LogP contribution in [0.2, 0.25) is 6.82 Å². The summed E-state index contributed by atoms with van der Waals surface area (Å²) in [6, 6.07) is 9.96. The van der Waals surface area contributed by atoms with Crippen molar-refractivity contribution in [1.82, 2.24) is 10.5 Å². The molecule has 0 radical (unpaired) electrons. The molecular formula is C13H19BN2O2. The fraction of sp³-hybridized carbons (Fsp3) is 0.462. The molecule has 1 amide bonds. The summed E-state index contributed by atoms with van der Waals surface area (Å²) < 4.78 is 0. The number of piperidine rings is 1. The van der Waals surface area contributed by atoms with Crippen molar-refractivity contribution in [3.05, 3.63) is 35.9 Å². The van der Waals surface area contributed by atoms with Gasteiger partial charge in [-0.25, -0.2) is 0 Å². The minimum Gasteiger partial charge on any atom is -0.437 e. The lowest BCUT2D eigenvalue weighted by Gasteiger charge is -2.35. The van der Waals surface area contributed by atoms with Crippen molar-refractivity contribution >= 4 is 13.0 Å². The third-order valence-electron chi connectivity index (χ3n) is 3.45. The van der Waals surface area contributed by atoms with Gasteiger partial charge in [-0.15, -0.1) is 0 Å². The molecule has 1 fully saturated rings. The predicted molar refractivity (Wildman–Crippen MR) is 72.2 cm³/mol. The number of carbonyl (C=O) groups excluding carboxylic acids is 1. The van der Waals surface area contributed by atoms with E-state index in [1.54, 1.807) is 6.82 Å². The molecule has 96 valence electrons. The highest BCUT2D eigenvalue weighted by atomic mass is 16.2. The summed E-state index contributed by atoms with van der Waals surface area (Å²) in [5.74, 6) is 0.246. The summed E-state index contributed by atoms with van der Waals surface area (Å²) in [6.45, 7) is 3.65. The quantitative estimate of drug-likeness (QED) is 0.689. The number of carbonyl (C=O) groups is 1. The van der Waals surface area contributed by atoms with Crippen LogP contribution in [0, 0.1) is 0 Å². The summed E-state index contributed by atoms with van der Waals surface area (Å²) in [5, 5.41) is 15.2. The van der Waals surface area contributed by atoms with Gasteiger partial charge in [0.05, 0.1) is 6.04 Å². The standard InChI is InChI=1S/C13H19BN2O2/c1-9-11(10-6-4-3-5-7-10)8-12(13(17)15-9)16-14(2)18/h3-7,9,11-12,16,18H,8H2,1-2H3,(H,15,17)/t9-,11-,12?/m1/s1. The molecule has 1 heterocycles. The lowest BCUT2D eigenvalue weighted by atomic mass is 9.79. The van der Waals surface area contributed by atoms with Crippen LogP contribution in [0.4, 0.5) is 0 Å². The Balaban J connectivity index is 2.14. The van der Waals surface area contributed by atoms with Gasteiger partial charge in [0.2, 0.25) is 5.91 Å². The number of rotatable bonds is 3. The Hall–Kier alpha value is -1.33. The highest BCUT2D eigenvalue weighted by Gasteiger charge is 2.34. The van der Waals surface area contributed by atoms with E-state index in [9.17, 15) is 9.82 Å². The van der Waals surface area contributed by atoms with Gasteiger partial charge in [-0.05, 0) is 25.7 Å². The molecule has 0 aromatic heterocycles. The third kappa shape index (κ3) is 2.92. The molecule has 0 aliphatic carbocycles. The van der Waals surface area contributed by atoms with Gasteiger partial charge >= 0.3 is 7.05 Å². The Bertz CT molecular complexity index is 411. The maximum atomic E-state index is 11.8. The van der Waals surface area contributed by atoms with E-state index < -0.39 is 7.05 Å². The minimum atomic E-state index is -0.675. The Kier molecular flexibility index (Phi) is 4.04. The molecular weight excluding hydrogens is 227 g/mol. The molecule has 1 unspecified atom stereocenters. The normalized spacial score (nSPS) is 27.7. The summed E-state index contributed by atoms with van der Waals surface area (Å²) in [7, 11) is -0.675. The molecule has 1 aromatic rings. The number of hydrogen-bond donors (Lipinski definition) is 3. The first-order chi connectivity index (χ1) is 8.58. The molecule has 1 aromatic carbocycles. The van der Waals surface area contributed by atoms with Crippen LogP contribution in [0.25, 0.3) is 0 Å². The van der Waals surface area contributed by atoms with Crippen LogP contribution >= 0.6 is 0 Å². The van der Waals surface area contributed by atoms with Gasteiger partial charge in [0.25, 0.3) is 0 Å². The van der Waals surface area contributed by atoms with Crippen molar-refractivity contribution in [1.29, 1.82) is 0 Å². The molecule has 1 aliphatic heterocycles. The van der Waals surface area contributed by atoms with Crippen LogP contribution in [0.1, 0.15) is 24.8 Å². The van der Waals surface area contributed by atoms with E-state index in [2.05, 4.69) is 22.7 Å². The first-order valence-corrected chi connectivity index (χ1v) is 6.37. The van der Waals surface area contributed by atoms with Crippen molar-refractivity contribution < 1.29 is 9.82 Å². The number of hydrogen-bond acceptors (Lipinski definition) is 3. The maximum absolute atomic E-state index is 11.8. The Morgan fingerprint density at radius 2 is 2.06 bits per heavy atom. The molecule has 0 bridgehead atoms. The van der Waals surface area contributed by atoms with Gasteiger partial charge in [-0.3, -0.25) is 4.79 Å². The topological polar surface area (TPSA) is 61.4 Å². The summed E-state index contributed by atoms with van der Waals surface area (Å²) in [4.78, 5) is 11.8. The number of benzene rings is 1. The smallest absolute Gasteiger partial charge is 0.374 e. The Morgan fingerprint density at radius 3 is 2.67 bits per heavy atom. The van der Waals surface area contributed by atoms with Gasteiger partial charge < -0.3 is 15.6 Å². The molecule has 1 saturated heterocycles. The zero-order chi connectivity index (χ0) is 13.1. The van der Waals surface area contributed by atoms with E-state index >= 15 is 0 Å². The van der Waals surface area contributed by atoms with Crippen LogP contribution in [-0.2, 0) is 4.79 Å². The summed E-state index contributed by atoms with van der Waals surface area (Å²) >= 11 is 0. The van der Waals surface area contributed by atoms with E-state index in [4.69, 9.17) is 0 Å². The van der Waals surface area contributed by atoms with Crippen molar-refractivity contribution in [3.8, 4) is 0 Å². The zero-order valence-electron chi connectivity index (χ0n) is 10.8. The SMILES string of the molecule is CB(O)NC1C[C@@H](c2ccccc2)[C@@H](C)NC1=O. The van der Waals surface area contributed by atoms with Crippen LogP contribution in [-0.4, -0.2) is 30.1 Å². The average molecular weight is 246 g/mol. The summed E-state index contributed by atoms with van der Waals surface area (Å²) in [6.07, 6.45) is 0.710. The predicted octanol–water partition coefficient (Wildman–Crippen LogP) is 0.747. The largest absolute Gasteiger partial charge is 0.437 e. The second kappa shape index (κ2) is 5.54. The lowest BCUT2D eigenvalue weighted by Crippen LogP contribution is -2.57. The monoisotopic (exact) mass is 246 g/mol. The van der Waals surface area contributed by atoms with Crippen molar-refractivity contribution in [2.45, 2.75) is 38.2 Å². The van der Waals surface area contributed by atoms with Gasteiger partial charge in [0.1, 0.15) is 0 Å². The zero-order valence-corrected chi connectivity index (χ0v) is 10.8. The van der Waals surface area contributed by atoms with Gasteiger partial charge in [-0.1, -0.05) is 30.3 Å². The van der Waals surface area contributed by atoms with Gasteiger partial charge in [0, 0.05) is 12.0 Å². The first kappa shape index (κ1) is 13.1. The molecule has 18 heavy (non-hydrogen) atoms. The average Bonchev–Trinajstić information content (AvgIpc) is 2.33. The van der Waals surface area contributed by atoms with Gasteiger partial charge in [0.15, 0.2) is 0 Å². The first-order valence-electron chi connectivity index (χ1n) is 6.37. The highest BCUT2D eigenvalue weighted by molar-refractivity contribution is 6.46. The molecule has 1 aliphatic rings. The van der Waals surface area contributed by atoms with Crippen LogP contribution in [0.3, 0.4) is 0 Å². The molecule has 3 N–H and O–H groups in total. The fourth-order valence-corrected chi connectivity index (χ4v) is 2.55. The van der Waals surface area contributed by atoms with Crippen LogP contribution < -0.4 is 10.5 Å². The lowest BCUT2D eigenvalue weighted by molar-refractivity contribution is -0.125. The molecule has 5 heteroatoms. The van der Waals surface area contributed by atoms with E-state index in [1.807, 2.05) is 25.1 Å². The highest BCUT2D eigenvalue weighted by Crippen LogP contribution is 2.28. The fourth-order valence-electron chi connectivity index (χ4n) is 2.55. The maximum Gasteiger partial charge on any atom is 0.374 e. The Morgan fingerprint density at radius 1 is 1.39 bits per heavy atom.